The molecule has 0 bridgehead atoms. The molecule has 5 nitrogen and oxygen atoms in total. The van der Waals surface area contributed by atoms with E-state index in [1.807, 2.05) is 26.2 Å². The van der Waals surface area contributed by atoms with Crippen molar-refractivity contribution >= 4 is 24.0 Å². The maximum absolute atomic E-state index is 12.2. The number of halogens is 1. The molecule has 1 heterocycles. The number of anilines is 1. The summed E-state index contributed by atoms with van der Waals surface area (Å²) in [6, 6.07) is 5.35. The lowest BCUT2D eigenvalue weighted by Gasteiger charge is -2.08. The van der Waals surface area contributed by atoms with Gasteiger partial charge in [-0.1, -0.05) is 13.0 Å². The van der Waals surface area contributed by atoms with Gasteiger partial charge in [-0.2, -0.15) is 5.10 Å². The van der Waals surface area contributed by atoms with Gasteiger partial charge in [0.05, 0.1) is 5.69 Å². The molecule has 3 N–H and O–H groups in total. The standard InChI is InChI=1S/C15H20N4O.ClH/c1-4-14-11(9-19(3)18-14)8-17-15(20)13-7-12(16)6-5-10(13)2;/h5-7,9H,4,8,16H2,1-3H3,(H,17,20);1H. The average Bonchev–Trinajstić information content (AvgIpc) is 2.79. The lowest BCUT2D eigenvalue weighted by atomic mass is 10.1. The number of nitrogens with two attached hydrogens (primary N) is 1. The summed E-state index contributed by atoms with van der Waals surface area (Å²) in [4.78, 5) is 12.2. The van der Waals surface area contributed by atoms with E-state index in [0.717, 1.165) is 23.2 Å². The van der Waals surface area contributed by atoms with Crippen molar-refractivity contribution in [1.82, 2.24) is 15.1 Å². The van der Waals surface area contributed by atoms with Crippen LogP contribution >= 0.6 is 12.4 Å². The van der Waals surface area contributed by atoms with Crippen LogP contribution in [0.2, 0.25) is 0 Å². The van der Waals surface area contributed by atoms with E-state index in [1.54, 1.807) is 16.8 Å². The summed E-state index contributed by atoms with van der Waals surface area (Å²) in [5.74, 6) is -0.110. The van der Waals surface area contributed by atoms with Gasteiger partial charge in [-0.15, -0.1) is 12.4 Å². The number of hydrogen-bond acceptors (Lipinski definition) is 3. The topological polar surface area (TPSA) is 72.9 Å². The molecule has 0 spiro atoms. The molecule has 0 unspecified atom stereocenters. The first-order chi connectivity index (χ1) is 9.51. The van der Waals surface area contributed by atoms with Gasteiger partial charge < -0.3 is 11.1 Å². The Morgan fingerprint density at radius 2 is 2.14 bits per heavy atom. The zero-order chi connectivity index (χ0) is 14.7. The summed E-state index contributed by atoms with van der Waals surface area (Å²) in [5.41, 5.74) is 9.91. The Hall–Kier alpha value is -2.01. The van der Waals surface area contributed by atoms with Gasteiger partial charge in [0, 0.05) is 36.6 Å². The van der Waals surface area contributed by atoms with Crippen LogP contribution < -0.4 is 11.1 Å². The molecular formula is C15H21ClN4O. The molecule has 0 saturated carbocycles. The molecular weight excluding hydrogens is 288 g/mol. The SMILES string of the molecule is CCc1nn(C)cc1CNC(=O)c1cc(N)ccc1C.Cl. The molecule has 0 radical (unpaired) electrons. The van der Waals surface area contributed by atoms with Crippen molar-refractivity contribution in [1.29, 1.82) is 0 Å². The minimum atomic E-state index is -0.110. The summed E-state index contributed by atoms with van der Waals surface area (Å²) in [5, 5.41) is 7.28. The number of nitrogens with one attached hydrogen (secondary N) is 1. The molecule has 0 aliphatic carbocycles. The van der Waals surface area contributed by atoms with Gasteiger partial charge in [-0.3, -0.25) is 9.48 Å². The molecule has 1 amide bonds. The van der Waals surface area contributed by atoms with E-state index in [4.69, 9.17) is 5.73 Å². The molecule has 0 saturated heterocycles. The van der Waals surface area contributed by atoms with Gasteiger partial charge in [0.15, 0.2) is 0 Å². The summed E-state index contributed by atoms with van der Waals surface area (Å²) in [7, 11) is 1.88. The van der Waals surface area contributed by atoms with Crippen LogP contribution in [0.15, 0.2) is 24.4 Å². The van der Waals surface area contributed by atoms with Gasteiger partial charge in [0.25, 0.3) is 5.91 Å². The second-order valence-electron chi connectivity index (χ2n) is 4.89. The number of carbonyl (C=O) groups excluding carboxylic acids is 1. The Balaban J connectivity index is 0.00000220. The largest absolute Gasteiger partial charge is 0.399 e. The Labute approximate surface area is 130 Å². The van der Waals surface area contributed by atoms with E-state index in [1.165, 1.54) is 0 Å². The highest BCUT2D eigenvalue weighted by atomic mass is 35.5. The van der Waals surface area contributed by atoms with E-state index in [2.05, 4.69) is 17.3 Å². The molecule has 114 valence electrons. The van der Waals surface area contributed by atoms with Crippen LogP contribution in [0.4, 0.5) is 5.69 Å². The molecule has 0 atom stereocenters. The van der Waals surface area contributed by atoms with Crippen molar-refractivity contribution in [3.63, 3.8) is 0 Å². The summed E-state index contributed by atoms with van der Waals surface area (Å²) >= 11 is 0. The maximum atomic E-state index is 12.2. The molecule has 6 heteroatoms. The maximum Gasteiger partial charge on any atom is 0.251 e. The first-order valence-corrected chi connectivity index (χ1v) is 6.67. The fraction of sp³-hybridized carbons (Fsp3) is 0.333. The van der Waals surface area contributed by atoms with Crippen LogP contribution in [0.5, 0.6) is 0 Å². The lowest BCUT2D eigenvalue weighted by Crippen LogP contribution is -2.24. The Morgan fingerprint density at radius 1 is 1.43 bits per heavy atom. The van der Waals surface area contributed by atoms with E-state index >= 15 is 0 Å². The summed E-state index contributed by atoms with van der Waals surface area (Å²) in [6.45, 7) is 4.43. The number of nitrogen functional groups attached to an aromatic ring is 1. The van der Waals surface area contributed by atoms with Crippen molar-refractivity contribution in [3.8, 4) is 0 Å². The second kappa shape index (κ2) is 7.13. The normalized spacial score (nSPS) is 10.0. The van der Waals surface area contributed by atoms with Crippen molar-refractivity contribution in [2.24, 2.45) is 7.05 Å². The van der Waals surface area contributed by atoms with E-state index in [9.17, 15) is 4.79 Å². The number of benzene rings is 1. The van der Waals surface area contributed by atoms with E-state index in [0.29, 0.717) is 17.8 Å². The number of rotatable bonds is 4. The summed E-state index contributed by atoms with van der Waals surface area (Å²) < 4.78 is 1.77. The highest BCUT2D eigenvalue weighted by molar-refractivity contribution is 5.96. The van der Waals surface area contributed by atoms with Crippen molar-refractivity contribution < 1.29 is 4.79 Å². The molecule has 1 aromatic heterocycles. The zero-order valence-electron chi connectivity index (χ0n) is 12.5. The molecule has 2 rings (SSSR count). The minimum absolute atomic E-state index is 0. The van der Waals surface area contributed by atoms with Gasteiger partial charge in [0.1, 0.15) is 0 Å². The van der Waals surface area contributed by atoms with Crippen LogP contribution in [0.1, 0.15) is 34.1 Å². The Morgan fingerprint density at radius 3 is 2.81 bits per heavy atom. The fourth-order valence-corrected chi connectivity index (χ4v) is 2.18. The molecule has 1 aromatic carbocycles. The third-order valence-corrected chi connectivity index (χ3v) is 3.27. The predicted octanol–water partition coefficient (Wildman–Crippen LogP) is 2.22. The van der Waals surface area contributed by atoms with Crippen LogP contribution in [0.25, 0.3) is 0 Å². The number of amides is 1. The second-order valence-corrected chi connectivity index (χ2v) is 4.89. The number of nitrogens with zero attached hydrogens (tertiary/aromatic N) is 2. The average molecular weight is 309 g/mol. The smallest absolute Gasteiger partial charge is 0.251 e. The molecule has 2 aromatic rings. The van der Waals surface area contributed by atoms with Crippen molar-refractivity contribution in [2.75, 3.05) is 5.73 Å². The van der Waals surface area contributed by atoms with Crippen molar-refractivity contribution in [2.45, 2.75) is 26.8 Å². The van der Waals surface area contributed by atoms with Crippen molar-refractivity contribution in [3.05, 3.63) is 46.8 Å². The summed E-state index contributed by atoms with van der Waals surface area (Å²) in [6.07, 6.45) is 2.79. The van der Waals surface area contributed by atoms with Gasteiger partial charge in [-0.05, 0) is 31.0 Å². The van der Waals surface area contributed by atoms with Crippen LogP contribution in [-0.2, 0) is 20.0 Å². The first kappa shape index (κ1) is 17.0. The molecule has 0 fully saturated rings. The molecule has 21 heavy (non-hydrogen) atoms. The molecule has 0 aliphatic rings. The lowest BCUT2D eigenvalue weighted by molar-refractivity contribution is 0.0950. The predicted molar refractivity (Wildman–Crippen MR) is 86.6 cm³/mol. The quantitative estimate of drug-likeness (QED) is 0.851. The van der Waals surface area contributed by atoms with Gasteiger partial charge in [0.2, 0.25) is 0 Å². The van der Waals surface area contributed by atoms with Crippen LogP contribution in [-0.4, -0.2) is 15.7 Å². The number of aryl methyl sites for hydroxylation is 3. The molecule has 0 aliphatic heterocycles. The number of aromatic nitrogens is 2. The minimum Gasteiger partial charge on any atom is -0.399 e. The Kier molecular flexibility index (Phi) is 5.79. The number of carbonyl (C=O) groups is 1. The third-order valence-electron chi connectivity index (χ3n) is 3.27. The third kappa shape index (κ3) is 3.98. The Bertz CT molecular complexity index is 637. The zero-order valence-corrected chi connectivity index (χ0v) is 13.3. The highest BCUT2D eigenvalue weighted by Crippen LogP contribution is 2.13. The number of hydrogen-bond donors (Lipinski definition) is 2. The van der Waals surface area contributed by atoms with Gasteiger partial charge >= 0.3 is 0 Å². The van der Waals surface area contributed by atoms with Gasteiger partial charge in [-0.25, -0.2) is 0 Å². The van der Waals surface area contributed by atoms with Crippen LogP contribution in [0, 0.1) is 6.92 Å². The van der Waals surface area contributed by atoms with E-state index in [-0.39, 0.29) is 18.3 Å². The fourth-order valence-electron chi connectivity index (χ4n) is 2.18. The highest BCUT2D eigenvalue weighted by Gasteiger charge is 2.11. The first-order valence-electron chi connectivity index (χ1n) is 6.67. The monoisotopic (exact) mass is 308 g/mol. The van der Waals surface area contributed by atoms with Crippen LogP contribution in [0.3, 0.4) is 0 Å². The van der Waals surface area contributed by atoms with E-state index < -0.39 is 0 Å².